The number of hydrogen-bond donors (Lipinski definition) is 1. The highest BCUT2D eigenvalue weighted by atomic mass is 16.5. The number of methoxy groups -OCH3 is 1. The molecule has 7 heteroatoms. The van der Waals surface area contributed by atoms with E-state index >= 15 is 0 Å². The quantitative estimate of drug-likeness (QED) is 0.624. The summed E-state index contributed by atoms with van der Waals surface area (Å²) < 4.78 is 16.4. The first-order chi connectivity index (χ1) is 14.0. The van der Waals surface area contributed by atoms with Crippen molar-refractivity contribution in [2.24, 2.45) is 0 Å². The monoisotopic (exact) mass is 395 g/mol. The van der Waals surface area contributed by atoms with Crippen molar-refractivity contribution < 1.29 is 18.8 Å². The number of aryl methyl sites for hydroxylation is 1. The van der Waals surface area contributed by atoms with E-state index in [4.69, 9.17) is 14.0 Å². The van der Waals surface area contributed by atoms with Crippen molar-refractivity contribution in [3.63, 3.8) is 0 Å². The first kappa shape index (κ1) is 20.4. The van der Waals surface area contributed by atoms with Gasteiger partial charge in [-0.05, 0) is 49.6 Å². The average Bonchev–Trinajstić information content (AvgIpc) is 3.22. The molecule has 0 saturated carbocycles. The van der Waals surface area contributed by atoms with Gasteiger partial charge in [0.1, 0.15) is 11.5 Å². The van der Waals surface area contributed by atoms with E-state index in [0.29, 0.717) is 29.6 Å². The third-order valence-corrected chi connectivity index (χ3v) is 4.70. The highest BCUT2D eigenvalue weighted by Crippen LogP contribution is 2.23. The molecule has 3 aromatic rings. The van der Waals surface area contributed by atoms with E-state index in [2.05, 4.69) is 15.5 Å². The zero-order chi connectivity index (χ0) is 20.8. The van der Waals surface area contributed by atoms with E-state index in [1.165, 1.54) is 0 Å². The molecule has 0 saturated heterocycles. The van der Waals surface area contributed by atoms with Gasteiger partial charge in [0, 0.05) is 5.56 Å². The molecule has 7 nitrogen and oxygen atoms in total. The molecule has 29 heavy (non-hydrogen) atoms. The van der Waals surface area contributed by atoms with Gasteiger partial charge >= 0.3 is 0 Å². The van der Waals surface area contributed by atoms with Crippen LogP contribution in [0.15, 0.2) is 47.0 Å². The van der Waals surface area contributed by atoms with Crippen LogP contribution in [0.3, 0.4) is 0 Å². The normalized spacial score (nSPS) is 11.7. The van der Waals surface area contributed by atoms with Crippen LogP contribution in [0, 0.1) is 13.8 Å². The summed E-state index contributed by atoms with van der Waals surface area (Å²) in [7, 11) is 1.60. The summed E-state index contributed by atoms with van der Waals surface area (Å²) in [5, 5.41) is 6.78. The van der Waals surface area contributed by atoms with Crippen molar-refractivity contribution in [3.05, 3.63) is 59.5 Å². The van der Waals surface area contributed by atoms with Crippen LogP contribution in [-0.4, -0.2) is 29.3 Å². The molecule has 0 radical (unpaired) electrons. The maximum Gasteiger partial charge on any atom is 0.261 e. The Labute approximate surface area is 170 Å². The molecule has 0 bridgehead atoms. The first-order valence-electron chi connectivity index (χ1n) is 9.49. The molecule has 1 aromatic heterocycles. The summed E-state index contributed by atoms with van der Waals surface area (Å²) >= 11 is 0. The maximum atomic E-state index is 12.6. The van der Waals surface area contributed by atoms with Gasteiger partial charge in [0.25, 0.3) is 5.91 Å². The van der Waals surface area contributed by atoms with Crippen LogP contribution < -0.4 is 14.8 Å². The zero-order valence-corrected chi connectivity index (χ0v) is 17.1. The Morgan fingerprint density at radius 2 is 2.00 bits per heavy atom. The molecule has 0 aliphatic rings. The Morgan fingerprint density at radius 3 is 2.76 bits per heavy atom. The molecular weight excluding hydrogens is 370 g/mol. The SMILES string of the molecule is CCC(Oc1cccc(C)c1C)C(=O)NCc1nc(-c2cccc(OC)c2)no1. The lowest BCUT2D eigenvalue weighted by atomic mass is 10.1. The largest absolute Gasteiger partial charge is 0.497 e. The second-order valence-corrected chi connectivity index (χ2v) is 6.67. The van der Waals surface area contributed by atoms with Gasteiger partial charge in [0.15, 0.2) is 6.10 Å². The van der Waals surface area contributed by atoms with Crippen LogP contribution in [0.25, 0.3) is 11.4 Å². The van der Waals surface area contributed by atoms with Crippen molar-refractivity contribution in [1.82, 2.24) is 15.5 Å². The number of carbonyl (C=O) groups excluding carboxylic acids is 1. The summed E-state index contributed by atoms with van der Waals surface area (Å²) in [6.45, 7) is 6.03. The van der Waals surface area contributed by atoms with Crippen molar-refractivity contribution in [2.45, 2.75) is 39.8 Å². The molecule has 0 aliphatic carbocycles. The number of amides is 1. The molecule has 1 atom stereocenters. The minimum atomic E-state index is -0.601. The molecule has 3 rings (SSSR count). The smallest absolute Gasteiger partial charge is 0.261 e. The lowest BCUT2D eigenvalue weighted by molar-refractivity contribution is -0.128. The van der Waals surface area contributed by atoms with Gasteiger partial charge in [0.2, 0.25) is 11.7 Å². The fourth-order valence-electron chi connectivity index (χ4n) is 2.81. The summed E-state index contributed by atoms with van der Waals surface area (Å²) in [6.07, 6.45) is -0.0609. The fourth-order valence-corrected chi connectivity index (χ4v) is 2.81. The Bertz CT molecular complexity index is 984. The van der Waals surface area contributed by atoms with Crippen LogP contribution in [0.4, 0.5) is 0 Å². The van der Waals surface area contributed by atoms with Crippen LogP contribution >= 0.6 is 0 Å². The van der Waals surface area contributed by atoms with Crippen molar-refractivity contribution in [2.75, 3.05) is 7.11 Å². The molecule has 2 aromatic carbocycles. The van der Waals surface area contributed by atoms with Crippen LogP contribution in [0.2, 0.25) is 0 Å². The minimum absolute atomic E-state index is 0.127. The molecular formula is C22H25N3O4. The molecule has 1 amide bonds. The number of benzene rings is 2. The lowest BCUT2D eigenvalue weighted by Gasteiger charge is -2.18. The van der Waals surface area contributed by atoms with Crippen LogP contribution in [-0.2, 0) is 11.3 Å². The summed E-state index contributed by atoms with van der Waals surface area (Å²) in [6, 6.07) is 13.2. The number of rotatable bonds is 8. The van der Waals surface area contributed by atoms with E-state index in [-0.39, 0.29) is 12.5 Å². The summed E-state index contributed by atoms with van der Waals surface area (Å²) in [5.41, 5.74) is 2.92. The number of aromatic nitrogens is 2. The van der Waals surface area contributed by atoms with E-state index in [0.717, 1.165) is 16.7 Å². The third-order valence-electron chi connectivity index (χ3n) is 4.70. The van der Waals surface area contributed by atoms with E-state index in [1.54, 1.807) is 7.11 Å². The maximum absolute atomic E-state index is 12.6. The number of hydrogen-bond acceptors (Lipinski definition) is 6. The van der Waals surface area contributed by atoms with Gasteiger partial charge < -0.3 is 19.3 Å². The fraction of sp³-hybridized carbons (Fsp3) is 0.318. The Morgan fingerprint density at radius 1 is 1.21 bits per heavy atom. The van der Waals surface area contributed by atoms with Crippen LogP contribution in [0.1, 0.15) is 30.4 Å². The van der Waals surface area contributed by atoms with Gasteiger partial charge in [0.05, 0.1) is 13.7 Å². The molecule has 1 heterocycles. The minimum Gasteiger partial charge on any atom is -0.497 e. The predicted molar refractivity (Wildman–Crippen MR) is 109 cm³/mol. The zero-order valence-electron chi connectivity index (χ0n) is 17.1. The number of nitrogens with zero attached hydrogens (tertiary/aromatic N) is 2. The lowest BCUT2D eigenvalue weighted by Crippen LogP contribution is -2.37. The molecule has 1 unspecified atom stereocenters. The van der Waals surface area contributed by atoms with E-state index < -0.39 is 6.10 Å². The number of carbonyl (C=O) groups is 1. The van der Waals surface area contributed by atoms with Gasteiger partial charge in [-0.15, -0.1) is 0 Å². The highest BCUT2D eigenvalue weighted by molar-refractivity contribution is 5.81. The predicted octanol–water partition coefficient (Wildman–Crippen LogP) is 3.84. The highest BCUT2D eigenvalue weighted by Gasteiger charge is 2.20. The van der Waals surface area contributed by atoms with Crippen molar-refractivity contribution >= 4 is 5.91 Å². The van der Waals surface area contributed by atoms with Crippen LogP contribution in [0.5, 0.6) is 11.5 Å². The van der Waals surface area contributed by atoms with Gasteiger partial charge in [-0.3, -0.25) is 4.79 Å². The average molecular weight is 395 g/mol. The van der Waals surface area contributed by atoms with Gasteiger partial charge in [-0.25, -0.2) is 0 Å². The molecule has 1 N–H and O–H groups in total. The second kappa shape index (κ2) is 9.23. The van der Waals surface area contributed by atoms with Gasteiger partial charge in [-0.2, -0.15) is 4.98 Å². The molecule has 0 fully saturated rings. The molecule has 152 valence electrons. The number of nitrogens with one attached hydrogen (secondary N) is 1. The molecule has 0 spiro atoms. The van der Waals surface area contributed by atoms with E-state index in [9.17, 15) is 4.79 Å². The third kappa shape index (κ3) is 4.93. The topological polar surface area (TPSA) is 86.5 Å². The molecule has 0 aliphatic heterocycles. The Hall–Kier alpha value is -3.35. The van der Waals surface area contributed by atoms with Gasteiger partial charge in [-0.1, -0.05) is 36.3 Å². The Kier molecular flexibility index (Phi) is 6.49. The standard InChI is InChI=1S/C22H25N3O4/c1-5-18(28-19-11-6-8-14(2)15(19)3)22(26)23-13-20-24-21(25-29-20)16-9-7-10-17(12-16)27-4/h6-12,18H,5,13H2,1-4H3,(H,23,26). The number of ether oxygens (including phenoxy) is 2. The van der Waals surface area contributed by atoms with Crippen molar-refractivity contribution in [1.29, 1.82) is 0 Å². The Balaban J connectivity index is 1.62. The summed E-state index contributed by atoms with van der Waals surface area (Å²) in [4.78, 5) is 16.9. The summed E-state index contributed by atoms with van der Waals surface area (Å²) in [5.74, 6) is 1.95. The van der Waals surface area contributed by atoms with E-state index in [1.807, 2.05) is 63.2 Å². The second-order valence-electron chi connectivity index (χ2n) is 6.67. The first-order valence-corrected chi connectivity index (χ1v) is 9.49. The van der Waals surface area contributed by atoms with Crippen molar-refractivity contribution in [3.8, 4) is 22.9 Å².